The van der Waals surface area contributed by atoms with Crippen molar-refractivity contribution in [3.63, 3.8) is 0 Å². The summed E-state index contributed by atoms with van der Waals surface area (Å²) < 4.78 is 41.3. The van der Waals surface area contributed by atoms with Crippen molar-refractivity contribution < 1.29 is 165 Å². The zero-order valence-corrected chi connectivity index (χ0v) is 81.8. The number of amides is 3. The number of ether oxygens (including phenoxy) is 7. The van der Waals surface area contributed by atoms with Crippen LogP contribution in [0, 0.1) is 32.1 Å². The number of hydrogen-bond acceptors (Lipinski definition) is 23. The van der Waals surface area contributed by atoms with E-state index in [0.29, 0.717) is 72.7 Å². The number of Topliss-reactive ketones (excluding diaryl/α,β-unsaturated/α-hetero) is 3. The minimum atomic E-state index is -1.54. The molecule has 3 rings (SSSR count). The summed E-state index contributed by atoms with van der Waals surface area (Å²) in [5.41, 5.74) is 2.30. The first-order valence-corrected chi connectivity index (χ1v) is 40.4. The maximum absolute atomic E-state index is 13.6. The van der Waals surface area contributed by atoms with Crippen molar-refractivity contribution in [2.24, 2.45) is 0 Å². The Labute approximate surface area is 757 Å². The van der Waals surface area contributed by atoms with Crippen molar-refractivity contribution in [3.8, 4) is 0 Å². The number of hydrogen-bond donors (Lipinski definition) is 6. The standard InChI is InChI=1S/C51H68I6N4O16.C12H11I3N2O4.Cs/c1-8-9-10-11-12-13-14-15-16-17-18-19-20-21-22-23-35(66)77-34(26-71-50(69)75-32(6)73-48(67)36-38(52)44(58-24-28(2)62)42(56)46(40(36)54)60-30(4)64)27-72-51(70)76-33(7)74-49(68)37-39(53)45(59-25-29(3)63)43(57)47(41(37)55)61-31(5)65;1-4(18)3-16-10-7(13)6(12(20)21)8(14)11(9(10)15)17-5(2)19;/h32-34,58-59H,8-27H2,1-7H3,(H,60,64)(H,61,65);16H,3H2,1-2H3,(H,17,19)(H,20,21);/q;;+1/p-1. The Morgan fingerprint density at radius 3 is 0.929 bits per heavy atom. The average molecular weight is 2510 g/mol. The number of carboxylic acid groups (broad SMARTS) is 1. The molecule has 3 aromatic carbocycles. The fourth-order valence-corrected chi connectivity index (χ4v) is 21.4. The van der Waals surface area contributed by atoms with Gasteiger partial charge in [0.25, 0.3) is 0 Å². The number of benzene rings is 3. The molecule has 0 aliphatic carbocycles. The molecule has 3 aromatic rings. The van der Waals surface area contributed by atoms with Gasteiger partial charge in [0, 0.05) is 53.7 Å². The fourth-order valence-electron chi connectivity index (χ4n) is 8.62. The first-order valence-electron chi connectivity index (χ1n) is 30.7. The molecule has 0 aliphatic heterocycles. The number of aromatic carboxylic acids is 1. The van der Waals surface area contributed by atoms with Gasteiger partial charge in [0.2, 0.25) is 30.3 Å². The van der Waals surface area contributed by atoms with E-state index in [1.165, 1.54) is 120 Å². The van der Waals surface area contributed by atoms with Gasteiger partial charge in [-0.15, -0.1) is 0 Å². The molecule has 99 heavy (non-hydrogen) atoms. The van der Waals surface area contributed by atoms with Gasteiger partial charge in [-0.3, -0.25) is 33.6 Å². The van der Waals surface area contributed by atoms with Crippen LogP contribution in [0.4, 0.5) is 43.7 Å². The van der Waals surface area contributed by atoms with Gasteiger partial charge < -0.3 is 75.0 Å². The van der Waals surface area contributed by atoms with Crippen LogP contribution in [-0.2, 0) is 66.7 Å². The molecule has 0 heterocycles. The van der Waals surface area contributed by atoms with Crippen LogP contribution < -0.4 is 106 Å². The smallest absolute Gasteiger partial charge is 0.545 e. The number of halogens is 9. The van der Waals surface area contributed by atoms with Gasteiger partial charge in [-0.2, -0.15) is 0 Å². The molecule has 0 aromatic heterocycles. The zero-order valence-electron chi connectivity index (χ0n) is 56.1. The number of anilines is 6. The van der Waals surface area contributed by atoms with Crippen LogP contribution in [0.5, 0.6) is 0 Å². The van der Waals surface area contributed by atoms with Crippen molar-refractivity contribution >= 4 is 309 Å². The van der Waals surface area contributed by atoms with Gasteiger partial charge in [0.1, 0.15) is 30.6 Å². The minimum absolute atomic E-state index is 0. The van der Waals surface area contributed by atoms with Crippen LogP contribution in [-0.4, -0.2) is 123 Å². The Balaban J connectivity index is 0.00000189. The number of carbonyl (C=O) groups excluding carboxylic acids is 12. The summed E-state index contributed by atoms with van der Waals surface area (Å²) in [6.45, 7) is 11.4. The van der Waals surface area contributed by atoms with Crippen LogP contribution in [0.15, 0.2) is 0 Å². The summed E-state index contributed by atoms with van der Waals surface area (Å²) in [5, 5.41) is 28.3. The van der Waals surface area contributed by atoms with Gasteiger partial charge in [-0.05, 0) is 231 Å². The number of unbranched alkanes of at least 4 members (excludes halogenated alkanes) is 14. The number of nitrogens with one attached hydrogen (secondary N) is 6. The van der Waals surface area contributed by atoms with Gasteiger partial charge in [0.15, 0.2) is 6.10 Å². The van der Waals surface area contributed by atoms with E-state index in [2.05, 4.69) is 38.8 Å². The average Bonchev–Trinajstić information content (AvgIpc) is 0.794. The topological polar surface area (TPSA) is 365 Å². The Bertz CT molecular complexity index is 3250. The molecule has 0 spiro atoms. The second kappa shape index (κ2) is 51.7. The van der Waals surface area contributed by atoms with Crippen molar-refractivity contribution in [1.29, 1.82) is 0 Å². The number of carboxylic acids is 1. The van der Waals surface area contributed by atoms with Gasteiger partial charge >= 0.3 is 99.1 Å². The number of ketones is 3. The van der Waals surface area contributed by atoms with E-state index in [9.17, 15) is 62.6 Å². The van der Waals surface area contributed by atoms with Crippen molar-refractivity contribution in [2.45, 2.75) is 184 Å². The summed E-state index contributed by atoms with van der Waals surface area (Å²) in [7, 11) is 0. The maximum atomic E-state index is 13.6. The molecule has 0 radical (unpaired) electrons. The van der Waals surface area contributed by atoms with E-state index < -0.39 is 79.9 Å². The molecule has 0 saturated carbocycles. The summed E-state index contributed by atoms with van der Waals surface area (Å²) in [4.78, 5) is 148. The van der Waals surface area contributed by atoms with Crippen molar-refractivity contribution in [2.75, 3.05) is 64.7 Å². The van der Waals surface area contributed by atoms with Crippen molar-refractivity contribution in [1.82, 2.24) is 0 Å². The quantitative estimate of drug-likeness (QED) is 0.0101. The Morgan fingerprint density at radius 1 is 0.374 bits per heavy atom. The van der Waals surface area contributed by atoms with E-state index in [-0.39, 0.29) is 135 Å². The molecule has 2 atom stereocenters. The molecular formula is C63H78CsI9N6O20. The first kappa shape index (κ1) is 96.5. The van der Waals surface area contributed by atoms with Gasteiger partial charge in [-0.25, -0.2) is 19.2 Å². The van der Waals surface area contributed by atoms with E-state index in [4.69, 9.17) is 33.2 Å². The Hall–Kier alpha value is -0.478. The summed E-state index contributed by atoms with van der Waals surface area (Å²) in [6, 6.07) is 0. The zero-order chi connectivity index (χ0) is 74.1. The molecule has 36 heteroatoms. The molecule has 0 fully saturated rings. The summed E-state index contributed by atoms with van der Waals surface area (Å²) >= 11 is 17.3. The molecule has 26 nitrogen and oxygen atoms in total. The number of carbonyl (C=O) groups is 12. The minimum Gasteiger partial charge on any atom is -0.545 e. The summed E-state index contributed by atoms with van der Waals surface area (Å²) in [5.74, 6) is -5.45. The third-order valence-corrected chi connectivity index (χ3v) is 22.8. The van der Waals surface area contributed by atoms with Crippen LogP contribution >= 0.6 is 203 Å². The third kappa shape index (κ3) is 35.9. The van der Waals surface area contributed by atoms with Crippen LogP contribution in [0.2, 0.25) is 0 Å². The largest absolute Gasteiger partial charge is 1.00 e. The molecule has 0 aliphatic rings. The second-order valence-electron chi connectivity index (χ2n) is 21.8. The molecular weight excluding hydrogens is 2440 g/mol. The van der Waals surface area contributed by atoms with Crippen LogP contribution in [0.3, 0.4) is 0 Å². The second-order valence-corrected chi connectivity index (χ2v) is 31.5. The normalized spacial score (nSPS) is 11.5. The molecule has 2 unspecified atom stereocenters. The van der Waals surface area contributed by atoms with Gasteiger partial charge in [-0.1, -0.05) is 96.8 Å². The summed E-state index contributed by atoms with van der Waals surface area (Å²) in [6.07, 6.45) is 10.1. The van der Waals surface area contributed by atoms with E-state index >= 15 is 0 Å². The van der Waals surface area contributed by atoms with Crippen molar-refractivity contribution in [3.05, 3.63) is 48.8 Å². The first-order chi connectivity index (χ1) is 46.1. The Kier molecular flexibility index (Phi) is 50.4. The van der Waals surface area contributed by atoms with E-state index in [1.54, 1.807) is 0 Å². The number of rotatable bonds is 40. The van der Waals surface area contributed by atoms with Crippen LogP contribution in [0.25, 0.3) is 0 Å². The predicted octanol–water partition coefficient (Wildman–Crippen LogP) is 12.2. The monoisotopic (exact) mass is 2510 g/mol. The molecule has 0 bridgehead atoms. The fraction of sp³-hybridized carbons (Fsp3) is 0.524. The maximum Gasteiger partial charge on any atom is 1.00 e. The predicted molar refractivity (Wildman–Crippen MR) is 443 cm³/mol. The molecule has 0 saturated heterocycles. The van der Waals surface area contributed by atoms with Gasteiger partial charge in [0.05, 0.1) is 95.8 Å². The SMILES string of the molecule is CC(=O)CNc1c(I)c(NC(C)=O)c(I)c(C(=O)[O-])c1I.CCCCCCCCCCCCCCCCCC(=O)OC(COC(=O)OC(C)OC(=O)c1c(I)c(NCC(C)=O)c(I)c(NC(C)=O)c1I)COC(=O)OC(C)OC(=O)c1c(I)c(NCC(C)=O)c(I)c(NC(C)=O)c1I.[Cs+]. The molecule has 544 valence electrons. The van der Waals surface area contributed by atoms with Crippen LogP contribution in [0.1, 0.15) is 196 Å². The number of esters is 3. The third-order valence-electron chi connectivity index (χ3n) is 13.1. The van der Waals surface area contributed by atoms with E-state index in [1.807, 2.05) is 203 Å². The Morgan fingerprint density at radius 2 is 0.646 bits per heavy atom. The molecule has 3 amide bonds. The molecule has 6 N–H and O–H groups in total. The van der Waals surface area contributed by atoms with E-state index in [0.717, 1.165) is 25.7 Å².